The lowest BCUT2D eigenvalue weighted by Gasteiger charge is -2.07. The van der Waals surface area contributed by atoms with Gasteiger partial charge in [0.2, 0.25) is 0 Å². The van der Waals surface area contributed by atoms with E-state index in [-0.39, 0.29) is 17.3 Å². The normalized spacial score (nSPS) is 11.5. The highest BCUT2D eigenvalue weighted by Gasteiger charge is 2.06. The molecule has 0 amide bonds. The quantitative estimate of drug-likeness (QED) is 0.798. The molecule has 1 rings (SSSR count). The third-order valence-electron chi connectivity index (χ3n) is 2.44. The Kier molecular flexibility index (Phi) is 4.93. The molecule has 1 aromatic rings. The number of hydrogen-bond donors (Lipinski definition) is 1. The molecule has 0 aromatic heterocycles. The lowest BCUT2D eigenvalue weighted by molar-refractivity contribution is 0.595. The number of aryl methyl sites for hydroxylation is 1. The largest absolute Gasteiger partial charge is 0.385 e. The SMILES string of the molecule is CCS(=O)(=O)CCCNc1cc(C)cc(F)c1. The van der Waals surface area contributed by atoms with Crippen LogP contribution in [0.1, 0.15) is 18.9 Å². The van der Waals surface area contributed by atoms with E-state index in [2.05, 4.69) is 5.32 Å². The molecule has 0 saturated heterocycles. The molecule has 0 saturated carbocycles. The molecule has 5 heteroatoms. The molecule has 17 heavy (non-hydrogen) atoms. The molecule has 1 aromatic carbocycles. The first-order valence-corrected chi connectivity index (χ1v) is 7.46. The summed E-state index contributed by atoms with van der Waals surface area (Å²) in [6.45, 7) is 3.98. The molecule has 0 aliphatic rings. The zero-order valence-corrected chi connectivity index (χ0v) is 11.0. The summed E-state index contributed by atoms with van der Waals surface area (Å²) < 4.78 is 35.5. The van der Waals surface area contributed by atoms with Crippen molar-refractivity contribution in [1.29, 1.82) is 0 Å². The number of rotatable bonds is 6. The summed E-state index contributed by atoms with van der Waals surface area (Å²) in [6, 6.07) is 4.69. The minimum absolute atomic E-state index is 0.171. The summed E-state index contributed by atoms with van der Waals surface area (Å²) in [6.07, 6.45) is 0.533. The van der Waals surface area contributed by atoms with Crippen LogP contribution in [0.3, 0.4) is 0 Å². The summed E-state index contributed by atoms with van der Waals surface area (Å²) in [5, 5.41) is 3.02. The standard InChI is InChI=1S/C12H18FNO2S/c1-3-17(15,16)6-4-5-14-12-8-10(2)7-11(13)9-12/h7-9,14H,3-6H2,1-2H3. The van der Waals surface area contributed by atoms with E-state index in [9.17, 15) is 12.8 Å². The first-order valence-electron chi connectivity index (χ1n) is 5.64. The van der Waals surface area contributed by atoms with Crippen LogP contribution in [0.4, 0.5) is 10.1 Å². The van der Waals surface area contributed by atoms with E-state index in [1.165, 1.54) is 12.1 Å². The fraction of sp³-hybridized carbons (Fsp3) is 0.500. The predicted octanol–water partition coefficient (Wildman–Crippen LogP) is 2.37. The van der Waals surface area contributed by atoms with Gasteiger partial charge in [0, 0.05) is 18.0 Å². The van der Waals surface area contributed by atoms with E-state index in [0.717, 1.165) is 5.56 Å². The van der Waals surface area contributed by atoms with Crippen LogP contribution in [0, 0.1) is 12.7 Å². The van der Waals surface area contributed by atoms with E-state index in [1.54, 1.807) is 6.92 Å². The highest BCUT2D eigenvalue weighted by molar-refractivity contribution is 7.91. The van der Waals surface area contributed by atoms with Crippen molar-refractivity contribution in [3.63, 3.8) is 0 Å². The van der Waals surface area contributed by atoms with Crippen molar-refractivity contribution in [1.82, 2.24) is 0 Å². The average molecular weight is 259 g/mol. The lowest BCUT2D eigenvalue weighted by atomic mass is 10.2. The zero-order valence-electron chi connectivity index (χ0n) is 10.2. The maximum absolute atomic E-state index is 13.0. The van der Waals surface area contributed by atoms with Crippen LogP contribution in [0.2, 0.25) is 0 Å². The molecule has 0 aliphatic heterocycles. The number of hydrogen-bond acceptors (Lipinski definition) is 3. The Morgan fingerprint density at radius 1 is 1.29 bits per heavy atom. The van der Waals surface area contributed by atoms with Crippen molar-refractivity contribution < 1.29 is 12.8 Å². The average Bonchev–Trinajstić information content (AvgIpc) is 2.23. The van der Waals surface area contributed by atoms with Crippen LogP contribution in [-0.2, 0) is 9.84 Å². The lowest BCUT2D eigenvalue weighted by Crippen LogP contribution is -2.13. The molecule has 0 fully saturated rings. The highest BCUT2D eigenvalue weighted by atomic mass is 32.2. The van der Waals surface area contributed by atoms with Crippen molar-refractivity contribution in [2.75, 3.05) is 23.4 Å². The van der Waals surface area contributed by atoms with Crippen molar-refractivity contribution >= 4 is 15.5 Å². The van der Waals surface area contributed by atoms with E-state index in [0.29, 0.717) is 18.7 Å². The van der Waals surface area contributed by atoms with Gasteiger partial charge < -0.3 is 5.32 Å². The second-order valence-electron chi connectivity index (χ2n) is 4.03. The van der Waals surface area contributed by atoms with Gasteiger partial charge in [-0.25, -0.2) is 12.8 Å². The van der Waals surface area contributed by atoms with Crippen LogP contribution in [-0.4, -0.2) is 26.5 Å². The Hall–Kier alpha value is -1.10. The number of sulfone groups is 1. The molecule has 3 nitrogen and oxygen atoms in total. The second kappa shape index (κ2) is 6.00. The number of halogens is 1. The molecule has 0 bridgehead atoms. The summed E-state index contributed by atoms with van der Waals surface area (Å²) in [5.41, 5.74) is 1.53. The highest BCUT2D eigenvalue weighted by Crippen LogP contribution is 2.13. The summed E-state index contributed by atoms with van der Waals surface area (Å²) in [7, 11) is -2.90. The molecule has 1 N–H and O–H groups in total. The van der Waals surface area contributed by atoms with Crippen molar-refractivity contribution in [3.05, 3.63) is 29.6 Å². The van der Waals surface area contributed by atoms with Gasteiger partial charge >= 0.3 is 0 Å². The first-order chi connectivity index (χ1) is 7.93. The van der Waals surface area contributed by atoms with Crippen molar-refractivity contribution in [2.45, 2.75) is 20.3 Å². The van der Waals surface area contributed by atoms with Gasteiger partial charge in [-0.1, -0.05) is 6.92 Å². The number of nitrogens with one attached hydrogen (secondary N) is 1. The minimum Gasteiger partial charge on any atom is -0.385 e. The minimum atomic E-state index is -2.90. The zero-order chi connectivity index (χ0) is 12.9. The van der Waals surface area contributed by atoms with Gasteiger partial charge in [-0.3, -0.25) is 0 Å². The summed E-state index contributed by atoms with van der Waals surface area (Å²) in [4.78, 5) is 0. The third kappa shape index (κ3) is 5.17. The Morgan fingerprint density at radius 3 is 2.59 bits per heavy atom. The van der Waals surface area contributed by atoms with Gasteiger partial charge in [0.15, 0.2) is 0 Å². The fourth-order valence-electron chi connectivity index (χ4n) is 1.51. The van der Waals surface area contributed by atoms with Crippen LogP contribution in [0.5, 0.6) is 0 Å². The summed E-state index contributed by atoms with van der Waals surface area (Å²) in [5.74, 6) is 0.0605. The molecule has 0 heterocycles. The molecule has 0 unspecified atom stereocenters. The third-order valence-corrected chi connectivity index (χ3v) is 4.23. The van der Waals surface area contributed by atoms with E-state index in [1.807, 2.05) is 13.0 Å². The van der Waals surface area contributed by atoms with Gasteiger partial charge in [0.05, 0.1) is 5.75 Å². The Morgan fingerprint density at radius 2 is 2.00 bits per heavy atom. The summed E-state index contributed by atoms with van der Waals surface area (Å²) >= 11 is 0. The van der Waals surface area contributed by atoms with Gasteiger partial charge in [-0.05, 0) is 37.1 Å². The molecule has 96 valence electrons. The topological polar surface area (TPSA) is 46.2 Å². The molecule has 0 spiro atoms. The maximum atomic E-state index is 13.0. The van der Waals surface area contributed by atoms with Gasteiger partial charge in [0.25, 0.3) is 0 Å². The van der Waals surface area contributed by atoms with E-state index >= 15 is 0 Å². The van der Waals surface area contributed by atoms with Crippen LogP contribution >= 0.6 is 0 Å². The molecule has 0 radical (unpaired) electrons. The molecule has 0 atom stereocenters. The predicted molar refractivity (Wildman–Crippen MR) is 68.6 cm³/mol. The van der Waals surface area contributed by atoms with Gasteiger partial charge in [-0.2, -0.15) is 0 Å². The molecular formula is C12H18FNO2S. The Labute approximate surface area is 102 Å². The van der Waals surface area contributed by atoms with Crippen LogP contribution in [0.25, 0.3) is 0 Å². The fourth-order valence-corrected chi connectivity index (χ4v) is 2.38. The second-order valence-corrected chi connectivity index (χ2v) is 6.51. The van der Waals surface area contributed by atoms with Gasteiger partial charge in [0.1, 0.15) is 15.7 Å². The first kappa shape index (κ1) is 14.0. The number of benzene rings is 1. The van der Waals surface area contributed by atoms with Crippen LogP contribution < -0.4 is 5.32 Å². The Balaban J connectivity index is 2.41. The van der Waals surface area contributed by atoms with Crippen LogP contribution in [0.15, 0.2) is 18.2 Å². The molecular weight excluding hydrogens is 241 g/mol. The van der Waals surface area contributed by atoms with Gasteiger partial charge in [-0.15, -0.1) is 0 Å². The van der Waals surface area contributed by atoms with E-state index < -0.39 is 9.84 Å². The Bertz CT molecular complexity index is 451. The molecule has 0 aliphatic carbocycles. The van der Waals surface area contributed by atoms with Crippen molar-refractivity contribution in [2.24, 2.45) is 0 Å². The number of anilines is 1. The van der Waals surface area contributed by atoms with E-state index in [4.69, 9.17) is 0 Å². The maximum Gasteiger partial charge on any atom is 0.150 e. The monoisotopic (exact) mass is 259 g/mol. The smallest absolute Gasteiger partial charge is 0.150 e. The van der Waals surface area contributed by atoms with Crippen molar-refractivity contribution in [3.8, 4) is 0 Å².